The van der Waals surface area contributed by atoms with E-state index in [0.29, 0.717) is 4.99 Å². The van der Waals surface area contributed by atoms with Crippen molar-refractivity contribution in [1.82, 2.24) is 4.98 Å². The summed E-state index contributed by atoms with van der Waals surface area (Å²) >= 11 is 10.2. The van der Waals surface area contributed by atoms with E-state index >= 15 is 0 Å². The van der Waals surface area contributed by atoms with Crippen molar-refractivity contribution >= 4 is 50.2 Å². The highest BCUT2D eigenvalue weighted by molar-refractivity contribution is 9.10. The van der Waals surface area contributed by atoms with E-state index in [2.05, 4.69) is 33.2 Å². The van der Waals surface area contributed by atoms with Gasteiger partial charge in [0, 0.05) is 27.3 Å². The van der Waals surface area contributed by atoms with Crippen molar-refractivity contribution < 1.29 is 0 Å². The number of thiocarbonyl (C=S) groups is 1. The minimum atomic E-state index is 0.175. The molecule has 1 unspecified atom stereocenters. The van der Waals surface area contributed by atoms with Gasteiger partial charge in [0.2, 0.25) is 0 Å². The first-order chi connectivity index (χ1) is 9.11. The molecule has 19 heavy (non-hydrogen) atoms. The van der Waals surface area contributed by atoms with Crippen LogP contribution in [0.3, 0.4) is 0 Å². The van der Waals surface area contributed by atoms with E-state index in [0.717, 1.165) is 27.2 Å². The average molecular weight is 356 g/mol. The van der Waals surface area contributed by atoms with Gasteiger partial charge >= 0.3 is 0 Å². The van der Waals surface area contributed by atoms with Gasteiger partial charge in [-0.15, -0.1) is 11.3 Å². The zero-order valence-corrected chi connectivity index (χ0v) is 13.6. The van der Waals surface area contributed by atoms with Crippen LogP contribution in [0.4, 0.5) is 5.69 Å². The van der Waals surface area contributed by atoms with Crippen LogP contribution < -0.4 is 11.1 Å². The maximum atomic E-state index is 5.78. The maximum Gasteiger partial charge on any atom is 0.115 e. The number of halogens is 1. The molecule has 1 atom stereocenters. The molecular weight excluding hydrogens is 342 g/mol. The number of nitrogens with one attached hydrogen (secondary N) is 1. The monoisotopic (exact) mass is 355 g/mol. The van der Waals surface area contributed by atoms with Gasteiger partial charge in [0.05, 0.1) is 6.04 Å². The van der Waals surface area contributed by atoms with Crippen molar-refractivity contribution in [3.05, 3.63) is 44.8 Å². The normalized spacial score (nSPS) is 12.1. The first-order valence-electron chi connectivity index (χ1n) is 5.87. The minimum absolute atomic E-state index is 0.175. The minimum Gasteiger partial charge on any atom is -0.389 e. The third-order valence-corrected chi connectivity index (χ3v) is 4.34. The van der Waals surface area contributed by atoms with Gasteiger partial charge in [-0.2, -0.15) is 0 Å². The van der Waals surface area contributed by atoms with Gasteiger partial charge in [-0.1, -0.05) is 35.1 Å². The average Bonchev–Trinajstić information content (AvgIpc) is 2.90. The molecule has 100 valence electrons. The molecule has 0 bridgehead atoms. The van der Waals surface area contributed by atoms with Crippen LogP contribution in [0.5, 0.6) is 0 Å². The van der Waals surface area contributed by atoms with Gasteiger partial charge in [0.15, 0.2) is 0 Å². The van der Waals surface area contributed by atoms with Gasteiger partial charge in [-0.05, 0) is 24.6 Å². The smallest absolute Gasteiger partial charge is 0.115 e. The number of anilines is 1. The summed E-state index contributed by atoms with van der Waals surface area (Å²) in [5.74, 6) is 0. The number of thiazole rings is 1. The van der Waals surface area contributed by atoms with E-state index in [9.17, 15) is 0 Å². The molecule has 3 nitrogen and oxygen atoms in total. The molecule has 0 aliphatic rings. The van der Waals surface area contributed by atoms with Gasteiger partial charge in [-0.25, -0.2) is 4.98 Å². The quantitative estimate of drug-likeness (QED) is 0.792. The number of rotatable bonds is 5. The molecule has 2 rings (SSSR count). The molecule has 2 aromatic rings. The molecular formula is C13H14BrN3S2. The van der Waals surface area contributed by atoms with Crippen LogP contribution in [-0.4, -0.2) is 9.97 Å². The lowest BCUT2D eigenvalue weighted by Crippen LogP contribution is -2.16. The SMILES string of the molecule is CCC(Nc1ccc(Br)cc1C(N)=S)c1nccs1. The Bertz CT molecular complexity index is 569. The van der Waals surface area contributed by atoms with Crippen LogP contribution in [0.15, 0.2) is 34.2 Å². The topological polar surface area (TPSA) is 50.9 Å². The summed E-state index contributed by atoms with van der Waals surface area (Å²) in [5, 5.41) is 6.52. The Morgan fingerprint density at radius 3 is 2.95 bits per heavy atom. The van der Waals surface area contributed by atoms with Crippen molar-refractivity contribution in [2.75, 3.05) is 5.32 Å². The Hall–Kier alpha value is -0.980. The number of aromatic nitrogens is 1. The second kappa shape index (κ2) is 6.45. The lowest BCUT2D eigenvalue weighted by atomic mass is 10.1. The number of benzene rings is 1. The molecule has 0 fully saturated rings. The fraction of sp³-hybridized carbons (Fsp3) is 0.231. The van der Waals surface area contributed by atoms with Crippen molar-refractivity contribution in [2.45, 2.75) is 19.4 Å². The summed E-state index contributed by atoms with van der Waals surface area (Å²) < 4.78 is 0.961. The van der Waals surface area contributed by atoms with E-state index in [4.69, 9.17) is 18.0 Å². The molecule has 0 radical (unpaired) electrons. The highest BCUT2D eigenvalue weighted by Crippen LogP contribution is 2.28. The molecule has 0 aliphatic carbocycles. The van der Waals surface area contributed by atoms with E-state index in [1.165, 1.54) is 0 Å². The summed E-state index contributed by atoms with van der Waals surface area (Å²) in [6, 6.07) is 6.06. The summed E-state index contributed by atoms with van der Waals surface area (Å²) in [6.45, 7) is 2.12. The molecule has 0 amide bonds. The summed E-state index contributed by atoms with van der Waals surface area (Å²) in [5.41, 5.74) is 7.57. The predicted molar refractivity (Wildman–Crippen MR) is 88.8 cm³/mol. The number of hydrogen-bond donors (Lipinski definition) is 2. The second-order valence-electron chi connectivity index (χ2n) is 4.03. The Kier molecular flexibility index (Phi) is 4.90. The zero-order valence-electron chi connectivity index (χ0n) is 10.4. The lowest BCUT2D eigenvalue weighted by Gasteiger charge is -2.18. The molecule has 0 aliphatic heterocycles. The molecule has 1 heterocycles. The summed E-state index contributed by atoms with van der Waals surface area (Å²) in [4.78, 5) is 4.75. The number of nitrogens with two attached hydrogens (primary N) is 1. The zero-order chi connectivity index (χ0) is 13.8. The Morgan fingerprint density at radius 2 is 2.37 bits per heavy atom. The van der Waals surface area contributed by atoms with E-state index in [1.54, 1.807) is 11.3 Å². The highest BCUT2D eigenvalue weighted by Gasteiger charge is 2.14. The van der Waals surface area contributed by atoms with Gasteiger partial charge < -0.3 is 11.1 Å². The van der Waals surface area contributed by atoms with Gasteiger partial charge in [0.1, 0.15) is 10.00 Å². The van der Waals surface area contributed by atoms with Crippen LogP contribution >= 0.6 is 39.5 Å². The van der Waals surface area contributed by atoms with Crippen molar-refractivity contribution in [3.8, 4) is 0 Å². The Balaban J connectivity index is 2.29. The molecule has 1 aromatic heterocycles. The third kappa shape index (κ3) is 3.52. The molecule has 0 saturated heterocycles. The fourth-order valence-electron chi connectivity index (χ4n) is 1.78. The lowest BCUT2D eigenvalue weighted by molar-refractivity contribution is 0.742. The highest BCUT2D eigenvalue weighted by atomic mass is 79.9. The van der Waals surface area contributed by atoms with Gasteiger partial charge in [-0.3, -0.25) is 0 Å². The molecule has 0 saturated carbocycles. The maximum absolute atomic E-state index is 5.78. The standard InChI is InChI=1S/C13H14BrN3S2/c1-2-10(13-16-5-6-19-13)17-11-4-3-8(14)7-9(11)12(15)18/h3-7,10,17H,2H2,1H3,(H2,15,18). The molecule has 0 spiro atoms. The molecule has 3 N–H and O–H groups in total. The van der Waals surface area contributed by atoms with Crippen molar-refractivity contribution in [1.29, 1.82) is 0 Å². The van der Waals surface area contributed by atoms with E-state index in [-0.39, 0.29) is 6.04 Å². The van der Waals surface area contributed by atoms with Crippen molar-refractivity contribution in [2.24, 2.45) is 5.73 Å². The van der Waals surface area contributed by atoms with Crippen LogP contribution in [0, 0.1) is 0 Å². The molecule has 1 aromatic carbocycles. The number of hydrogen-bond acceptors (Lipinski definition) is 4. The van der Waals surface area contributed by atoms with Gasteiger partial charge in [0.25, 0.3) is 0 Å². The first-order valence-corrected chi connectivity index (χ1v) is 7.95. The van der Waals surface area contributed by atoms with Crippen LogP contribution in [0.25, 0.3) is 0 Å². The van der Waals surface area contributed by atoms with E-state index < -0.39 is 0 Å². The van der Waals surface area contributed by atoms with Crippen LogP contribution in [0.2, 0.25) is 0 Å². The Labute approximate surface area is 130 Å². The number of nitrogens with zero attached hydrogens (tertiary/aromatic N) is 1. The molecule has 6 heteroatoms. The summed E-state index contributed by atoms with van der Waals surface area (Å²) in [6.07, 6.45) is 2.76. The Morgan fingerprint density at radius 1 is 1.58 bits per heavy atom. The first kappa shape index (κ1) is 14.4. The van der Waals surface area contributed by atoms with Crippen LogP contribution in [-0.2, 0) is 0 Å². The summed E-state index contributed by atoms with van der Waals surface area (Å²) in [7, 11) is 0. The predicted octanol–water partition coefficient (Wildman–Crippen LogP) is 4.10. The fourth-order valence-corrected chi connectivity index (χ4v) is 3.08. The van der Waals surface area contributed by atoms with Crippen molar-refractivity contribution in [3.63, 3.8) is 0 Å². The largest absolute Gasteiger partial charge is 0.389 e. The van der Waals surface area contributed by atoms with E-state index in [1.807, 2.05) is 29.8 Å². The second-order valence-corrected chi connectivity index (χ2v) is 6.31. The van der Waals surface area contributed by atoms with Crippen LogP contribution in [0.1, 0.15) is 30.0 Å². The third-order valence-electron chi connectivity index (χ3n) is 2.73.